The van der Waals surface area contributed by atoms with E-state index in [4.69, 9.17) is 11.6 Å². The molecule has 0 radical (unpaired) electrons. The molecule has 0 spiro atoms. The van der Waals surface area contributed by atoms with Crippen LogP contribution in [0, 0.1) is 18.3 Å². The monoisotopic (exact) mass is 348 g/mol. The van der Waals surface area contributed by atoms with Gasteiger partial charge >= 0.3 is 5.97 Å². The van der Waals surface area contributed by atoms with Crippen LogP contribution in [0.25, 0.3) is 0 Å². The average molecular weight is 349 g/mol. The molecule has 1 aromatic rings. The van der Waals surface area contributed by atoms with Gasteiger partial charge in [0.05, 0.1) is 0 Å². The number of carbonyl (C=O) groups excluding carboxylic acids is 1. The van der Waals surface area contributed by atoms with Crippen molar-refractivity contribution in [1.29, 1.82) is 0 Å². The summed E-state index contributed by atoms with van der Waals surface area (Å²) >= 11 is 6.11. The number of hydrogen-bond acceptors (Lipinski definition) is 3. The summed E-state index contributed by atoms with van der Waals surface area (Å²) in [4.78, 5) is 28.6. The fraction of sp³-hybridized carbons (Fsp3) is 0.444. The first-order chi connectivity index (χ1) is 11.4. The lowest BCUT2D eigenvalue weighted by Crippen LogP contribution is -2.42. The van der Waals surface area contributed by atoms with Gasteiger partial charge in [-0.15, -0.1) is 6.58 Å². The first-order valence-electron chi connectivity index (χ1n) is 8.00. The highest BCUT2D eigenvalue weighted by Crippen LogP contribution is 2.43. The Hall–Kier alpha value is -1.85. The van der Waals surface area contributed by atoms with E-state index in [1.165, 1.54) is 0 Å². The molecule has 3 rings (SSSR count). The van der Waals surface area contributed by atoms with Gasteiger partial charge in [0.1, 0.15) is 5.41 Å². The van der Waals surface area contributed by atoms with Crippen LogP contribution < -0.4 is 0 Å². The number of carbonyl (C=O) groups is 2. The molecule has 24 heavy (non-hydrogen) atoms. The van der Waals surface area contributed by atoms with Gasteiger partial charge in [0.2, 0.25) is 0 Å². The molecule has 0 bridgehead atoms. The van der Waals surface area contributed by atoms with Crippen LogP contribution in [0.3, 0.4) is 0 Å². The number of aliphatic carboxylic acids is 1. The molecule has 1 aromatic carbocycles. The summed E-state index contributed by atoms with van der Waals surface area (Å²) in [5.41, 5.74) is 0.398. The molecule has 0 unspecified atom stereocenters. The van der Waals surface area contributed by atoms with Gasteiger partial charge in [-0.05, 0) is 24.6 Å². The minimum atomic E-state index is -0.884. The summed E-state index contributed by atoms with van der Waals surface area (Å²) < 4.78 is 0. The highest BCUT2D eigenvalue weighted by molar-refractivity contribution is 6.31. The number of carboxylic acid groups (broad SMARTS) is 1. The number of fused-ring (bicyclic) bond motifs is 1. The largest absolute Gasteiger partial charge is 0.481 e. The summed E-state index contributed by atoms with van der Waals surface area (Å²) in [6, 6.07) is 5.24. The molecule has 0 saturated carbocycles. The van der Waals surface area contributed by atoms with Gasteiger partial charge in [0, 0.05) is 49.2 Å². The maximum absolute atomic E-state index is 12.9. The van der Waals surface area contributed by atoms with E-state index >= 15 is 0 Å². The fourth-order valence-electron chi connectivity index (χ4n) is 3.96. The Morgan fingerprint density at radius 1 is 1.42 bits per heavy atom. The third-order valence-electron chi connectivity index (χ3n) is 5.28. The van der Waals surface area contributed by atoms with E-state index < -0.39 is 11.4 Å². The smallest absolute Gasteiger partial charge is 0.313 e. The van der Waals surface area contributed by atoms with E-state index in [-0.39, 0.29) is 18.4 Å². The van der Waals surface area contributed by atoms with Gasteiger partial charge in [-0.2, -0.15) is 0 Å². The second kappa shape index (κ2) is 6.22. The van der Waals surface area contributed by atoms with Gasteiger partial charge in [-0.1, -0.05) is 23.7 Å². The number of nitrogens with zero attached hydrogens (tertiary/aromatic N) is 2. The summed E-state index contributed by atoms with van der Waals surface area (Å²) in [7, 11) is 0. The normalized spacial score (nSPS) is 26.4. The second-order valence-corrected chi connectivity index (χ2v) is 7.15. The Morgan fingerprint density at radius 3 is 2.79 bits per heavy atom. The number of halogens is 1. The lowest BCUT2D eigenvalue weighted by Gasteiger charge is -2.25. The molecular weight excluding hydrogens is 328 g/mol. The molecule has 1 amide bonds. The summed E-state index contributed by atoms with van der Waals surface area (Å²) in [5.74, 6) is -1.02. The van der Waals surface area contributed by atoms with Crippen molar-refractivity contribution >= 4 is 23.5 Å². The van der Waals surface area contributed by atoms with Crippen molar-refractivity contribution in [3.8, 4) is 0 Å². The van der Waals surface area contributed by atoms with Crippen molar-refractivity contribution in [3.63, 3.8) is 0 Å². The van der Waals surface area contributed by atoms with E-state index in [1.54, 1.807) is 29.2 Å². The first kappa shape index (κ1) is 17.0. The predicted molar refractivity (Wildman–Crippen MR) is 92.3 cm³/mol. The van der Waals surface area contributed by atoms with E-state index in [9.17, 15) is 14.7 Å². The number of benzene rings is 1. The highest BCUT2D eigenvalue weighted by atomic mass is 35.5. The molecule has 1 N–H and O–H groups in total. The van der Waals surface area contributed by atoms with Crippen molar-refractivity contribution in [2.24, 2.45) is 11.3 Å². The molecule has 2 atom stereocenters. The van der Waals surface area contributed by atoms with Gasteiger partial charge in [0.15, 0.2) is 0 Å². The van der Waals surface area contributed by atoms with Crippen molar-refractivity contribution in [2.75, 3.05) is 32.7 Å². The lowest BCUT2D eigenvalue weighted by atomic mass is 9.81. The van der Waals surface area contributed by atoms with Gasteiger partial charge < -0.3 is 10.0 Å². The lowest BCUT2D eigenvalue weighted by molar-refractivity contribution is -0.148. The third-order valence-corrected chi connectivity index (χ3v) is 5.69. The van der Waals surface area contributed by atoms with Crippen molar-refractivity contribution in [3.05, 3.63) is 47.0 Å². The minimum Gasteiger partial charge on any atom is -0.481 e. The van der Waals surface area contributed by atoms with Crippen LogP contribution in [-0.4, -0.2) is 59.5 Å². The maximum Gasteiger partial charge on any atom is 0.313 e. The average Bonchev–Trinajstić information content (AvgIpc) is 3.04. The molecule has 0 aromatic heterocycles. The Labute approximate surface area is 146 Å². The van der Waals surface area contributed by atoms with Gasteiger partial charge in [-0.3, -0.25) is 14.5 Å². The third kappa shape index (κ3) is 2.62. The summed E-state index contributed by atoms with van der Waals surface area (Å²) in [5, 5.41) is 10.4. The van der Waals surface area contributed by atoms with Crippen molar-refractivity contribution < 1.29 is 14.7 Å². The molecule has 6 heteroatoms. The Kier molecular flexibility index (Phi) is 4.40. The van der Waals surface area contributed by atoms with Crippen LogP contribution >= 0.6 is 11.6 Å². The molecule has 128 valence electrons. The van der Waals surface area contributed by atoms with E-state index in [0.29, 0.717) is 36.8 Å². The molecule has 2 aliphatic heterocycles. The van der Waals surface area contributed by atoms with Crippen LogP contribution in [0.4, 0.5) is 0 Å². The van der Waals surface area contributed by atoms with E-state index in [2.05, 4.69) is 11.5 Å². The number of rotatable bonds is 4. The standard InChI is InChI=1S/C18H21ClN2O3/c1-3-7-20-8-13-9-21(11-18(13,10-20)17(23)24)16(22)14-5-4-6-15(19)12(14)2/h3-6,13H,1,7-11H2,2H3,(H,23,24)/t13-,18-/m1/s1. The molecule has 5 nitrogen and oxygen atoms in total. The van der Waals surface area contributed by atoms with Crippen LogP contribution in [0.1, 0.15) is 15.9 Å². The SMILES string of the molecule is C=CCN1C[C@@H]2CN(C(=O)c3cccc(Cl)c3C)C[C@]2(C(=O)O)C1. The number of hydrogen-bond donors (Lipinski definition) is 1. The van der Waals surface area contributed by atoms with E-state index in [0.717, 1.165) is 5.56 Å². The van der Waals surface area contributed by atoms with E-state index in [1.807, 2.05) is 6.92 Å². The van der Waals surface area contributed by atoms with Gasteiger partial charge in [0.25, 0.3) is 5.91 Å². The zero-order chi connectivity index (χ0) is 17.5. The Bertz CT molecular complexity index is 706. The molecule has 2 fully saturated rings. The number of carboxylic acids is 1. The van der Waals surface area contributed by atoms with Crippen LogP contribution in [-0.2, 0) is 4.79 Å². The van der Waals surface area contributed by atoms with Crippen molar-refractivity contribution in [2.45, 2.75) is 6.92 Å². The zero-order valence-corrected chi connectivity index (χ0v) is 14.4. The van der Waals surface area contributed by atoms with Gasteiger partial charge in [-0.25, -0.2) is 0 Å². The molecular formula is C18H21ClN2O3. The highest BCUT2D eigenvalue weighted by Gasteiger charge is 2.58. The molecule has 2 saturated heterocycles. The quantitative estimate of drug-likeness (QED) is 0.848. The minimum absolute atomic E-state index is 0.0570. The number of amides is 1. The number of likely N-dealkylation sites (tertiary alicyclic amines) is 2. The molecule has 0 aliphatic carbocycles. The van der Waals surface area contributed by atoms with Crippen LogP contribution in [0.15, 0.2) is 30.9 Å². The summed E-state index contributed by atoms with van der Waals surface area (Å²) in [6.45, 7) is 8.04. The van der Waals surface area contributed by atoms with Crippen molar-refractivity contribution in [1.82, 2.24) is 9.80 Å². The summed E-state index contributed by atoms with van der Waals surface area (Å²) in [6.07, 6.45) is 1.79. The second-order valence-electron chi connectivity index (χ2n) is 6.74. The maximum atomic E-state index is 12.9. The first-order valence-corrected chi connectivity index (χ1v) is 8.38. The van der Waals surface area contributed by atoms with Crippen LogP contribution in [0.2, 0.25) is 5.02 Å². The zero-order valence-electron chi connectivity index (χ0n) is 13.7. The molecule has 2 aliphatic rings. The topological polar surface area (TPSA) is 60.9 Å². The Morgan fingerprint density at radius 2 is 2.17 bits per heavy atom. The van der Waals surface area contributed by atoms with Crippen LogP contribution in [0.5, 0.6) is 0 Å². The predicted octanol–water partition coefficient (Wildman–Crippen LogP) is 2.29. The fourth-order valence-corrected chi connectivity index (χ4v) is 4.13. The Balaban J connectivity index is 1.84. The molecule has 2 heterocycles.